The summed E-state index contributed by atoms with van der Waals surface area (Å²) in [5.41, 5.74) is 6.86. The van der Waals surface area contributed by atoms with E-state index in [-0.39, 0.29) is 12.1 Å². The molecule has 0 bridgehead atoms. The molecule has 4 heteroatoms. The van der Waals surface area contributed by atoms with E-state index in [1.165, 1.54) is 12.7 Å². The monoisotopic (exact) mass is 221 g/mol. The Labute approximate surface area is 94.3 Å². The average molecular weight is 221 g/mol. The molecule has 2 N–H and O–H groups in total. The fourth-order valence-electron chi connectivity index (χ4n) is 1.92. The Balaban J connectivity index is 1.94. The molecule has 16 heavy (non-hydrogen) atoms. The lowest BCUT2D eigenvalue weighted by Crippen LogP contribution is -2.36. The summed E-state index contributed by atoms with van der Waals surface area (Å²) in [7, 11) is 1.34. The SMILES string of the molecule is COC(=O)C(N)CC1Cc2ccccc2O1. The Hall–Kier alpha value is -1.55. The summed E-state index contributed by atoms with van der Waals surface area (Å²) in [6, 6.07) is 7.26. The zero-order valence-electron chi connectivity index (χ0n) is 9.18. The number of esters is 1. The first kappa shape index (κ1) is 11.0. The molecule has 0 saturated heterocycles. The minimum absolute atomic E-state index is 0.0218. The third kappa shape index (κ3) is 2.17. The number of hydrogen-bond donors (Lipinski definition) is 1. The van der Waals surface area contributed by atoms with Crippen molar-refractivity contribution < 1.29 is 14.3 Å². The van der Waals surface area contributed by atoms with Crippen molar-refractivity contribution >= 4 is 5.97 Å². The number of benzene rings is 1. The van der Waals surface area contributed by atoms with Crippen LogP contribution in [0.25, 0.3) is 0 Å². The highest BCUT2D eigenvalue weighted by molar-refractivity contribution is 5.75. The summed E-state index contributed by atoms with van der Waals surface area (Å²) in [5.74, 6) is 0.504. The van der Waals surface area contributed by atoms with Gasteiger partial charge in [-0.1, -0.05) is 18.2 Å². The molecule has 86 valence electrons. The van der Waals surface area contributed by atoms with Gasteiger partial charge in [0, 0.05) is 12.8 Å². The van der Waals surface area contributed by atoms with E-state index in [2.05, 4.69) is 4.74 Å². The molecule has 0 aliphatic carbocycles. The molecule has 2 unspecified atom stereocenters. The Morgan fingerprint density at radius 1 is 1.62 bits per heavy atom. The maximum absolute atomic E-state index is 11.2. The summed E-state index contributed by atoms with van der Waals surface area (Å²) < 4.78 is 10.3. The Morgan fingerprint density at radius 3 is 3.06 bits per heavy atom. The molecule has 1 heterocycles. The first-order chi connectivity index (χ1) is 7.70. The van der Waals surface area contributed by atoms with Crippen molar-refractivity contribution in [1.82, 2.24) is 0 Å². The summed E-state index contributed by atoms with van der Waals surface area (Å²) in [4.78, 5) is 11.2. The molecule has 0 fully saturated rings. The normalized spacial score (nSPS) is 19.8. The highest BCUT2D eigenvalue weighted by atomic mass is 16.5. The van der Waals surface area contributed by atoms with Crippen molar-refractivity contribution in [3.05, 3.63) is 29.8 Å². The molecule has 1 aromatic rings. The molecule has 1 aliphatic heterocycles. The van der Waals surface area contributed by atoms with Gasteiger partial charge in [0.15, 0.2) is 0 Å². The number of nitrogens with two attached hydrogens (primary N) is 1. The van der Waals surface area contributed by atoms with Crippen molar-refractivity contribution in [3.63, 3.8) is 0 Å². The lowest BCUT2D eigenvalue weighted by atomic mass is 10.0. The first-order valence-corrected chi connectivity index (χ1v) is 5.28. The van der Waals surface area contributed by atoms with Crippen LogP contribution < -0.4 is 10.5 Å². The van der Waals surface area contributed by atoms with Crippen molar-refractivity contribution in [2.45, 2.75) is 25.0 Å². The van der Waals surface area contributed by atoms with Crippen LogP contribution in [0.15, 0.2) is 24.3 Å². The molecule has 1 aromatic carbocycles. The van der Waals surface area contributed by atoms with Crippen LogP contribution in [0.4, 0.5) is 0 Å². The molecule has 0 aromatic heterocycles. The van der Waals surface area contributed by atoms with Crippen LogP contribution in [0.2, 0.25) is 0 Å². The molecule has 0 amide bonds. The van der Waals surface area contributed by atoms with E-state index < -0.39 is 6.04 Å². The molecular formula is C12H15NO3. The first-order valence-electron chi connectivity index (χ1n) is 5.28. The number of hydrogen-bond acceptors (Lipinski definition) is 4. The van der Waals surface area contributed by atoms with Crippen LogP contribution in [0.5, 0.6) is 5.75 Å². The summed E-state index contributed by atoms with van der Waals surface area (Å²) in [6.07, 6.45) is 1.27. The summed E-state index contributed by atoms with van der Waals surface area (Å²) >= 11 is 0. The fraction of sp³-hybridized carbons (Fsp3) is 0.417. The standard InChI is InChI=1S/C12H15NO3/c1-15-12(14)10(13)7-9-6-8-4-2-3-5-11(8)16-9/h2-5,9-10H,6-7,13H2,1H3. The van der Waals surface area contributed by atoms with Crippen molar-refractivity contribution in [1.29, 1.82) is 0 Å². The molecule has 0 saturated carbocycles. The molecular weight excluding hydrogens is 206 g/mol. The topological polar surface area (TPSA) is 61.5 Å². The number of ether oxygens (including phenoxy) is 2. The highest BCUT2D eigenvalue weighted by Crippen LogP contribution is 2.29. The number of carbonyl (C=O) groups is 1. The predicted octanol–water partition coefficient (Wildman–Crippen LogP) is 0.880. The van der Waals surface area contributed by atoms with E-state index in [0.717, 1.165) is 12.2 Å². The highest BCUT2D eigenvalue weighted by Gasteiger charge is 2.27. The van der Waals surface area contributed by atoms with Crippen LogP contribution in [0.1, 0.15) is 12.0 Å². The lowest BCUT2D eigenvalue weighted by Gasteiger charge is -2.14. The van der Waals surface area contributed by atoms with E-state index in [0.29, 0.717) is 6.42 Å². The van der Waals surface area contributed by atoms with Gasteiger partial charge in [0.05, 0.1) is 7.11 Å². The number of methoxy groups -OCH3 is 1. The predicted molar refractivity (Wildman–Crippen MR) is 59.2 cm³/mol. The molecule has 2 atom stereocenters. The van der Waals surface area contributed by atoms with E-state index in [9.17, 15) is 4.79 Å². The minimum atomic E-state index is -0.607. The number of rotatable bonds is 3. The Kier molecular flexibility index (Phi) is 3.10. The molecule has 0 radical (unpaired) electrons. The van der Waals surface area contributed by atoms with Gasteiger partial charge >= 0.3 is 5.97 Å². The third-order valence-corrected chi connectivity index (χ3v) is 2.73. The van der Waals surface area contributed by atoms with Crippen LogP contribution >= 0.6 is 0 Å². The van der Waals surface area contributed by atoms with Crippen LogP contribution in [-0.4, -0.2) is 25.2 Å². The van der Waals surface area contributed by atoms with E-state index in [1.54, 1.807) is 0 Å². The number of fused-ring (bicyclic) bond motifs is 1. The van der Waals surface area contributed by atoms with Gasteiger partial charge in [-0.3, -0.25) is 4.79 Å². The lowest BCUT2D eigenvalue weighted by molar-refractivity contribution is -0.142. The fourth-order valence-corrected chi connectivity index (χ4v) is 1.92. The van der Waals surface area contributed by atoms with Gasteiger partial charge in [-0.15, -0.1) is 0 Å². The van der Waals surface area contributed by atoms with Gasteiger partial charge in [0.2, 0.25) is 0 Å². The van der Waals surface area contributed by atoms with Gasteiger partial charge in [-0.05, 0) is 11.6 Å². The second-order valence-corrected chi connectivity index (χ2v) is 3.92. The van der Waals surface area contributed by atoms with E-state index >= 15 is 0 Å². The van der Waals surface area contributed by atoms with Crippen molar-refractivity contribution in [2.24, 2.45) is 5.73 Å². The van der Waals surface area contributed by atoms with Gasteiger partial charge in [-0.2, -0.15) is 0 Å². The van der Waals surface area contributed by atoms with E-state index in [4.69, 9.17) is 10.5 Å². The summed E-state index contributed by atoms with van der Waals surface area (Å²) in [6.45, 7) is 0. The maximum Gasteiger partial charge on any atom is 0.322 e. The second kappa shape index (κ2) is 4.53. The zero-order chi connectivity index (χ0) is 11.5. The van der Waals surface area contributed by atoms with Crippen molar-refractivity contribution in [2.75, 3.05) is 7.11 Å². The van der Waals surface area contributed by atoms with Crippen LogP contribution in [-0.2, 0) is 16.0 Å². The molecule has 1 aliphatic rings. The molecule has 2 rings (SSSR count). The second-order valence-electron chi connectivity index (χ2n) is 3.92. The summed E-state index contributed by atoms with van der Waals surface area (Å²) in [5, 5.41) is 0. The molecule has 4 nitrogen and oxygen atoms in total. The third-order valence-electron chi connectivity index (χ3n) is 2.73. The smallest absolute Gasteiger partial charge is 0.322 e. The van der Waals surface area contributed by atoms with Gasteiger partial charge < -0.3 is 15.2 Å². The average Bonchev–Trinajstić information content (AvgIpc) is 2.69. The largest absolute Gasteiger partial charge is 0.490 e. The Morgan fingerprint density at radius 2 is 2.38 bits per heavy atom. The zero-order valence-corrected chi connectivity index (χ0v) is 9.18. The maximum atomic E-state index is 11.2. The quantitative estimate of drug-likeness (QED) is 0.770. The van der Waals surface area contributed by atoms with Crippen LogP contribution in [0.3, 0.4) is 0 Å². The van der Waals surface area contributed by atoms with Gasteiger partial charge in [-0.25, -0.2) is 0 Å². The van der Waals surface area contributed by atoms with Crippen LogP contribution in [0, 0.1) is 0 Å². The Bertz CT molecular complexity index is 367. The van der Waals surface area contributed by atoms with E-state index in [1.807, 2.05) is 24.3 Å². The number of carbonyl (C=O) groups excluding carboxylic acids is 1. The number of para-hydroxylation sites is 1. The van der Waals surface area contributed by atoms with Gasteiger partial charge in [0.1, 0.15) is 17.9 Å². The van der Waals surface area contributed by atoms with Gasteiger partial charge in [0.25, 0.3) is 0 Å². The van der Waals surface area contributed by atoms with Crippen molar-refractivity contribution in [3.8, 4) is 5.75 Å². The minimum Gasteiger partial charge on any atom is -0.490 e. The molecule has 0 spiro atoms.